The number of rotatable bonds is 7. The van der Waals surface area contributed by atoms with Gasteiger partial charge < -0.3 is 10.1 Å². The van der Waals surface area contributed by atoms with Crippen LogP contribution in [0, 0.1) is 11.6 Å². The fraction of sp³-hybridized carbons (Fsp3) is 0.0800. The number of nitrogens with zero attached hydrogens (tertiary/aromatic N) is 1. The van der Waals surface area contributed by atoms with Crippen molar-refractivity contribution in [3.63, 3.8) is 0 Å². The molecule has 1 saturated heterocycles. The number of hydrogen-bond acceptors (Lipinski definition) is 5. The molecule has 0 aliphatic carbocycles. The topological polar surface area (TPSA) is 75.7 Å². The number of carbonyl (C=O) groups is 3. The van der Waals surface area contributed by atoms with Crippen LogP contribution in [-0.4, -0.2) is 28.5 Å². The first-order valence-electron chi connectivity index (χ1n) is 10.4. The van der Waals surface area contributed by atoms with Crippen molar-refractivity contribution in [2.45, 2.75) is 6.61 Å². The molecular weight excluding hydrogens is 578 g/mol. The summed E-state index contributed by atoms with van der Waals surface area (Å²) in [4.78, 5) is 38.3. The molecule has 36 heavy (non-hydrogen) atoms. The number of nitrogens with one attached hydrogen (secondary N) is 1. The Bertz CT molecular complexity index is 1360. The van der Waals surface area contributed by atoms with Gasteiger partial charge in [-0.25, -0.2) is 8.78 Å². The van der Waals surface area contributed by atoms with E-state index in [9.17, 15) is 23.2 Å². The summed E-state index contributed by atoms with van der Waals surface area (Å²) in [6, 6.07) is 14.6. The van der Waals surface area contributed by atoms with Gasteiger partial charge in [-0.1, -0.05) is 35.9 Å². The molecule has 0 spiro atoms. The number of imide groups is 1. The molecule has 0 bridgehead atoms. The lowest BCUT2D eigenvalue weighted by Gasteiger charge is -2.13. The fourth-order valence-corrected chi connectivity index (χ4v) is 5.05. The van der Waals surface area contributed by atoms with E-state index in [2.05, 4.69) is 21.2 Å². The molecular formula is C25H16BrClF2N2O4S. The third-order valence-corrected chi connectivity index (χ3v) is 6.72. The van der Waals surface area contributed by atoms with Crippen LogP contribution < -0.4 is 10.1 Å². The number of thioether (sulfide) groups is 1. The van der Waals surface area contributed by atoms with Crippen molar-refractivity contribution in [3.05, 3.63) is 97.8 Å². The van der Waals surface area contributed by atoms with E-state index in [1.165, 1.54) is 36.4 Å². The van der Waals surface area contributed by atoms with Crippen molar-refractivity contribution < 1.29 is 27.9 Å². The van der Waals surface area contributed by atoms with Crippen LogP contribution in [0.4, 0.5) is 19.3 Å². The lowest BCUT2D eigenvalue weighted by Crippen LogP contribution is -2.36. The van der Waals surface area contributed by atoms with Crippen LogP contribution in [0.3, 0.4) is 0 Å². The molecule has 3 aromatic carbocycles. The van der Waals surface area contributed by atoms with Crippen LogP contribution in [-0.2, 0) is 16.2 Å². The van der Waals surface area contributed by atoms with Crippen molar-refractivity contribution in [1.82, 2.24) is 4.90 Å². The zero-order chi connectivity index (χ0) is 25.8. The maximum Gasteiger partial charge on any atom is 0.294 e. The second-order valence-corrected chi connectivity index (χ2v) is 9.78. The van der Waals surface area contributed by atoms with Crippen LogP contribution in [0.25, 0.3) is 6.08 Å². The Hall–Kier alpha value is -3.21. The minimum Gasteiger partial charge on any atom is -0.486 e. The number of ether oxygens (including phenoxy) is 1. The minimum absolute atomic E-state index is 0.0498. The van der Waals surface area contributed by atoms with E-state index in [-0.39, 0.29) is 28.0 Å². The SMILES string of the molecule is O=C(CN1C(=O)S/C(=C\c2cc(Cl)c(OCc3ccc(F)cc3)c(Br)c2)C1=O)Nc1ccccc1F. The highest BCUT2D eigenvalue weighted by Gasteiger charge is 2.36. The maximum atomic E-state index is 13.8. The summed E-state index contributed by atoms with van der Waals surface area (Å²) in [7, 11) is 0. The number of hydrogen-bond donors (Lipinski definition) is 1. The van der Waals surface area contributed by atoms with Crippen molar-refractivity contribution in [2.24, 2.45) is 0 Å². The van der Waals surface area contributed by atoms with Gasteiger partial charge in [0, 0.05) is 0 Å². The van der Waals surface area contributed by atoms with E-state index in [0.29, 0.717) is 27.5 Å². The van der Waals surface area contributed by atoms with Crippen LogP contribution in [0.1, 0.15) is 11.1 Å². The van der Waals surface area contributed by atoms with Gasteiger partial charge in [-0.2, -0.15) is 0 Å². The van der Waals surface area contributed by atoms with Gasteiger partial charge >= 0.3 is 0 Å². The normalized spacial score (nSPS) is 14.4. The Kier molecular flexibility index (Phi) is 8.07. The van der Waals surface area contributed by atoms with E-state index in [1.807, 2.05) is 0 Å². The monoisotopic (exact) mass is 592 g/mol. The highest BCUT2D eigenvalue weighted by molar-refractivity contribution is 9.10. The third kappa shape index (κ3) is 6.13. The Labute approximate surface area is 222 Å². The van der Waals surface area contributed by atoms with Crippen LogP contribution in [0.5, 0.6) is 5.75 Å². The molecule has 0 atom stereocenters. The average Bonchev–Trinajstić information content (AvgIpc) is 3.08. The van der Waals surface area contributed by atoms with Crippen molar-refractivity contribution in [3.8, 4) is 5.75 Å². The smallest absolute Gasteiger partial charge is 0.294 e. The minimum atomic E-state index is -0.711. The number of para-hydroxylation sites is 1. The van der Waals surface area contributed by atoms with E-state index >= 15 is 0 Å². The van der Waals surface area contributed by atoms with Gasteiger partial charge in [-0.05, 0) is 81.3 Å². The van der Waals surface area contributed by atoms with Gasteiger partial charge in [0.05, 0.1) is 20.1 Å². The predicted molar refractivity (Wildman–Crippen MR) is 138 cm³/mol. The maximum absolute atomic E-state index is 13.8. The Balaban J connectivity index is 1.44. The second kappa shape index (κ2) is 11.2. The first-order valence-corrected chi connectivity index (χ1v) is 12.4. The third-order valence-electron chi connectivity index (χ3n) is 4.94. The number of amides is 3. The molecule has 1 heterocycles. The molecule has 0 aromatic heterocycles. The molecule has 1 aliphatic heterocycles. The lowest BCUT2D eigenvalue weighted by molar-refractivity contribution is -0.127. The number of halogens is 4. The summed E-state index contributed by atoms with van der Waals surface area (Å²) in [5, 5.41) is 1.97. The van der Waals surface area contributed by atoms with E-state index < -0.39 is 29.4 Å². The first kappa shape index (κ1) is 25.9. The van der Waals surface area contributed by atoms with Crippen LogP contribution in [0.2, 0.25) is 5.02 Å². The molecule has 0 unspecified atom stereocenters. The summed E-state index contributed by atoms with van der Waals surface area (Å²) in [5.74, 6) is -1.99. The molecule has 3 amide bonds. The molecule has 1 fully saturated rings. The highest BCUT2D eigenvalue weighted by Crippen LogP contribution is 2.38. The number of anilines is 1. The number of benzene rings is 3. The average molecular weight is 594 g/mol. The summed E-state index contributed by atoms with van der Waals surface area (Å²) < 4.78 is 33.1. The zero-order valence-corrected chi connectivity index (χ0v) is 21.4. The largest absolute Gasteiger partial charge is 0.486 e. The second-order valence-electron chi connectivity index (χ2n) is 7.52. The molecule has 1 N–H and O–H groups in total. The van der Waals surface area contributed by atoms with Crippen LogP contribution >= 0.6 is 39.3 Å². The molecule has 11 heteroatoms. The molecule has 6 nitrogen and oxygen atoms in total. The van der Waals surface area contributed by atoms with Crippen molar-refractivity contribution in [1.29, 1.82) is 0 Å². The quantitative estimate of drug-likeness (QED) is 0.311. The van der Waals surface area contributed by atoms with Gasteiger partial charge in [0.1, 0.15) is 24.8 Å². The standard InChI is InChI=1S/C25H16BrClF2N2O4S/c26-17-9-15(10-18(27)23(17)35-13-14-5-7-16(28)8-6-14)11-21-24(33)31(25(34)36-21)12-22(32)30-20-4-2-1-3-19(20)29/h1-11H,12-13H2,(H,30,32)/b21-11-. The fourth-order valence-electron chi connectivity index (χ4n) is 3.22. The predicted octanol–water partition coefficient (Wildman–Crippen LogP) is 6.63. The van der Waals surface area contributed by atoms with Crippen molar-refractivity contribution in [2.75, 3.05) is 11.9 Å². The van der Waals surface area contributed by atoms with E-state index in [1.54, 1.807) is 30.3 Å². The Morgan fingerprint density at radius 2 is 1.83 bits per heavy atom. The lowest BCUT2D eigenvalue weighted by atomic mass is 10.2. The van der Waals surface area contributed by atoms with Gasteiger partial charge in [0.2, 0.25) is 5.91 Å². The summed E-state index contributed by atoms with van der Waals surface area (Å²) >= 11 is 10.4. The molecule has 1 aliphatic rings. The molecule has 4 rings (SSSR count). The Morgan fingerprint density at radius 1 is 1.11 bits per heavy atom. The van der Waals surface area contributed by atoms with Gasteiger partial charge in [-0.15, -0.1) is 0 Å². The number of carbonyl (C=O) groups excluding carboxylic acids is 3. The molecule has 3 aromatic rings. The summed E-state index contributed by atoms with van der Waals surface area (Å²) in [6.07, 6.45) is 1.47. The van der Waals surface area contributed by atoms with Crippen molar-refractivity contribution >= 4 is 68.1 Å². The van der Waals surface area contributed by atoms with E-state index in [4.69, 9.17) is 16.3 Å². The molecule has 0 saturated carbocycles. The zero-order valence-electron chi connectivity index (χ0n) is 18.3. The summed E-state index contributed by atoms with van der Waals surface area (Å²) in [5.41, 5.74) is 1.21. The highest BCUT2D eigenvalue weighted by atomic mass is 79.9. The first-order chi connectivity index (χ1) is 17.2. The van der Waals surface area contributed by atoms with Gasteiger partial charge in [0.15, 0.2) is 5.75 Å². The van der Waals surface area contributed by atoms with E-state index in [0.717, 1.165) is 10.5 Å². The molecule has 0 radical (unpaired) electrons. The Morgan fingerprint density at radius 3 is 2.53 bits per heavy atom. The van der Waals surface area contributed by atoms with Crippen LogP contribution in [0.15, 0.2) is 70.0 Å². The molecule has 184 valence electrons. The van der Waals surface area contributed by atoms with Gasteiger partial charge in [0.25, 0.3) is 11.1 Å². The summed E-state index contributed by atoms with van der Waals surface area (Å²) in [6.45, 7) is -0.400. The van der Waals surface area contributed by atoms with Gasteiger partial charge in [-0.3, -0.25) is 19.3 Å².